The topological polar surface area (TPSA) is 82.5 Å². The predicted molar refractivity (Wildman–Crippen MR) is 102 cm³/mol. The molecule has 7 nitrogen and oxygen atoms in total. The van der Waals surface area contributed by atoms with Crippen molar-refractivity contribution in [2.75, 3.05) is 18.5 Å². The summed E-state index contributed by atoms with van der Waals surface area (Å²) in [6.45, 7) is 5.13. The van der Waals surface area contributed by atoms with E-state index in [2.05, 4.69) is 10.3 Å². The molecule has 0 unspecified atom stereocenters. The number of benzene rings is 2. The molecule has 0 fully saturated rings. The first-order chi connectivity index (χ1) is 13.1. The molecule has 0 saturated carbocycles. The monoisotopic (exact) mass is 365 g/mol. The van der Waals surface area contributed by atoms with Gasteiger partial charge in [-0.05, 0) is 44.2 Å². The smallest absolute Gasteiger partial charge is 0.272 e. The maximum atomic E-state index is 12.7. The van der Waals surface area contributed by atoms with Crippen LogP contribution >= 0.6 is 0 Å². The molecule has 0 atom stereocenters. The van der Waals surface area contributed by atoms with Crippen LogP contribution in [-0.4, -0.2) is 28.7 Å². The van der Waals surface area contributed by atoms with Gasteiger partial charge in [0.25, 0.3) is 11.5 Å². The van der Waals surface area contributed by atoms with Crippen molar-refractivity contribution in [1.82, 2.24) is 9.55 Å². The minimum Gasteiger partial charge on any atom is -0.486 e. The molecule has 1 aliphatic rings. The minimum atomic E-state index is -0.262. The molecule has 0 radical (unpaired) electrons. The Bertz CT molecular complexity index is 1100. The molecule has 2 heterocycles. The maximum Gasteiger partial charge on any atom is 0.272 e. The summed E-state index contributed by atoms with van der Waals surface area (Å²) in [4.78, 5) is 29.2. The van der Waals surface area contributed by atoms with Gasteiger partial charge in [-0.25, -0.2) is 4.98 Å². The molecule has 1 amide bonds. The largest absolute Gasteiger partial charge is 0.486 e. The number of carbonyl (C=O) groups excluding carboxylic acids is 1. The Hall–Kier alpha value is -3.35. The second-order valence-electron chi connectivity index (χ2n) is 6.26. The fourth-order valence-electron chi connectivity index (χ4n) is 3.15. The van der Waals surface area contributed by atoms with E-state index in [-0.39, 0.29) is 11.5 Å². The van der Waals surface area contributed by atoms with E-state index in [9.17, 15) is 9.59 Å². The molecule has 3 aromatic rings. The number of hydrogen-bond donors (Lipinski definition) is 1. The lowest BCUT2D eigenvalue weighted by Gasteiger charge is -2.19. The molecule has 0 saturated heterocycles. The van der Waals surface area contributed by atoms with Crippen molar-refractivity contribution >= 4 is 22.6 Å². The lowest BCUT2D eigenvalue weighted by molar-refractivity contribution is 0.102. The van der Waals surface area contributed by atoms with Gasteiger partial charge in [-0.15, -0.1) is 0 Å². The van der Waals surface area contributed by atoms with E-state index in [0.29, 0.717) is 59.2 Å². The molecule has 4 rings (SSSR count). The van der Waals surface area contributed by atoms with Crippen LogP contribution in [-0.2, 0) is 6.54 Å². The standard InChI is InChI=1S/C20H19N3O4/c1-3-23-16-6-4-13(10-15(16)21-12(2)20(23)25)19(24)22-14-5-7-17-18(11-14)27-9-8-26-17/h4-7,10-11H,3,8-9H2,1-2H3,(H,22,24). The normalized spacial score (nSPS) is 12.8. The zero-order valence-electron chi connectivity index (χ0n) is 15.1. The average molecular weight is 365 g/mol. The number of rotatable bonds is 3. The van der Waals surface area contributed by atoms with E-state index >= 15 is 0 Å². The Kier molecular flexibility index (Phi) is 4.27. The Balaban J connectivity index is 1.65. The van der Waals surface area contributed by atoms with E-state index in [1.807, 2.05) is 6.92 Å². The summed E-state index contributed by atoms with van der Waals surface area (Å²) in [5.41, 5.74) is 2.71. The number of nitrogens with zero attached hydrogens (tertiary/aromatic N) is 2. The number of amides is 1. The predicted octanol–water partition coefficient (Wildman–Crippen LogP) is 2.75. The molecule has 1 aromatic heterocycles. The van der Waals surface area contributed by atoms with E-state index in [4.69, 9.17) is 9.47 Å². The Morgan fingerprint density at radius 2 is 1.93 bits per heavy atom. The highest BCUT2D eigenvalue weighted by molar-refractivity contribution is 6.06. The first-order valence-corrected chi connectivity index (χ1v) is 8.79. The zero-order valence-corrected chi connectivity index (χ0v) is 15.1. The van der Waals surface area contributed by atoms with Crippen LogP contribution in [0.4, 0.5) is 5.69 Å². The third kappa shape index (κ3) is 3.12. The van der Waals surface area contributed by atoms with Gasteiger partial charge in [0.15, 0.2) is 11.5 Å². The van der Waals surface area contributed by atoms with Gasteiger partial charge in [-0.3, -0.25) is 9.59 Å². The van der Waals surface area contributed by atoms with Gasteiger partial charge in [-0.2, -0.15) is 0 Å². The Morgan fingerprint density at radius 1 is 1.15 bits per heavy atom. The molecule has 0 spiro atoms. The number of aryl methyl sites for hydroxylation is 2. The van der Waals surface area contributed by atoms with Gasteiger partial charge in [-0.1, -0.05) is 0 Å². The summed E-state index contributed by atoms with van der Waals surface area (Å²) >= 11 is 0. The molecule has 0 aliphatic carbocycles. The molecule has 0 bridgehead atoms. The minimum absolute atomic E-state index is 0.113. The fourth-order valence-corrected chi connectivity index (χ4v) is 3.15. The summed E-state index contributed by atoms with van der Waals surface area (Å²) < 4.78 is 12.7. The number of nitrogens with one attached hydrogen (secondary N) is 1. The van der Waals surface area contributed by atoms with Crippen LogP contribution < -0.4 is 20.3 Å². The summed E-state index contributed by atoms with van der Waals surface area (Å²) in [7, 11) is 0. The number of hydrogen-bond acceptors (Lipinski definition) is 5. The Labute approximate surface area is 155 Å². The molecular formula is C20H19N3O4. The van der Waals surface area contributed by atoms with Crippen molar-refractivity contribution < 1.29 is 14.3 Å². The molecule has 138 valence electrons. The van der Waals surface area contributed by atoms with Gasteiger partial charge < -0.3 is 19.4 Å². The van der Waals surface area contributed by atoms with E-state index in [1.54, 1.807) is 47.9 Å². The third-order valence-corrected chi connectivity index (χ3v) is 4.49. The molecular weight excluding hydrogens is 346 g/mol. The van der Waals surface area contributed by atoms with E-state index < -0.39 is 0 Å². The van der Waals surface area contributed by atoms with Crippen molar-refractivity contribution in [2.24, 2.45) is 0 Å². The van der Waals surface area contributed by atoms with Gasteiger partial charge in [0.05, 0.1) is 11.0 Å². The van der Waals surface area contributed by atoms with Crippen LogP contribution in [0.1, 0.15) is 23.0 Å². The number of ether oxygens (including phenoxy) is 2. The molecule has 1 aliphatic heterocycles. The van der Waals surface area contributed by atoms with Crippen molar-refractivity contribution in [3.63, 3.8) is 0 Å². The quantitative estimate of drug-likeness (QED) is 0.772. The van der Waals surface area contributed by atoms with E-state index in [1.165, 1.54) is 0 Å². The second-order valence-corrected chi connectivity index (χ2v) is 6.26. The maximum absolute atomic E-state index is 12.7. The number of fused-ring (bicyclic) bond motifs is 2. The first-order valence-electron chi connectivity index (χ1n) is 8.79. The molecule has 27 heavy (non-hydrogen) atoms. The highest BCUT2D eigenvalue weighted by Crippen LogP contribution is 2.32. The molecule has 1 N–H and O–H groups in total. The van der Waals surface area contributed by atoms with Gasteiger partial charge >= 0.3 is 0 Å². The van der Waals surface area contributed by atoms with Crippen LogP contribution in [0.25, 0.3) is 11.0 Å². The highest BCUT2D eigenvalue weighted by Gasteiger charge is 2.15. The van der Waals surface area contributed by atoms with Crippen LogP contribution in [0.15, 0.2) is 41.2 Å². The summed E-state index contributed by atoms with van der Waals surface area (Å²) in [5.74, 6) is 1.02. The van der Waals surface area contributed by atoms with Crippen LogP contribution in [0.5, 0.6) is 11.5 Å². The highest BCUT2D eigenvalue weighted by atomic mass is 16.6. The van der Waals surface area contributed by atoms with Crippen molar-refractivity contribution in [1.29, 1.82) is 0 Å². The Morgan fingerprint density at radius 3 is 2.70 bits per heavy atom. The fraction of sp³-hybridized carbons (Fsp3) is 0.250. The van der Waals surface area contributed by atoms with Crippen LogP contribution in [0.2, 0.25) is 0 Å². The molecule has 7 heteroatoms. The second kappa shape index (κ2) is 6.75. The lowest BCUT2D eigenvalue weighted by atomic mass is 10.1. The van der Waals surface area contributed by atoms with Crippen molar-refractivity contribution in [3.05, 3.63) is 58.0 Å². The number of aromatic nitrogens is 2. The third-order valence-electron chi connectivity index (χ3n) is 4.49. The van der Waals surface area contributed by atoms with Crippen LogP contribution in [0.3, 0.4) is 0 Å². The first kappa shape index (κ1) is 17.1. The van der Waals surface area contributed by atoms with E-state index in [0.717, 1.165) is 0 Å². The lowest BCUT2D eigenvalue weighted by Crippen LogP contribution is -2.23. The van der Waals surface area contributed by atoms with Crippen molar-refractivity contribution in [2.45, 2.75) is 20.4 Å². The van der Waals surface area contributed by atoms with Gasteiger partial charge in [0, 0.05) is 23.9 Å². The number of carbonyl (C=O) groups is 1. The molecule has 2 aromatic carbocycles. The average Bonchev–Trinajstić information content (AvgIpc) is 2.68. The van der Waals surface area contributed by atoms with Crippen LogP contribution in [0, 0.1) is 6.92 Å². The summed E-state index contributed by atoms with van der Waals surface area (Å²) in [5, 5.41) is 2.86. The SMILES string of the molecule is CCn1c(=O)c(C)nc2cc(C(=O)Nc3ccc4c(c3)OCCO4)ccc21. The summed E-state index contributed by atoms with van der Waals surface area (Å²) in [6.07, 6.45) is 0. The zero-order chi connectivity index (χ0) is 19.0. The number of anilines is 1. The van der Waals surface area contributed by atoms with Gasteiger partial charge in [0.2, 0.25) is 0 Å². The van der Waals surface area contributed by atoms with Crippen molar-refractivity contribution in [3.8, 4) is 11.5 Å². The summed E-state index contributed by atoms with van der Waals surface area (Å²) in [6, 6.07) is 10.4. The van der Waals surface area contributed by atoms with Gasteiger partial charge in [0.1, 0.15) is 18.9 Å².